The number of nitrogens with two attached hydrogens (primary N) is 1. The molecule has 0 radical (unpaired) electrons. The lowest BCUT2D eigenvalue weighted by molar-refractivity contribution is -0.123. The second-order valence-electron chi connectivity index (χ2n) is 5.26. The molecule has 3 N–H and O–H groups in total. The van der Waals surface area contributed by atoms with E-state index in [2.05, 4.69) is 16.3 Å². The zero-order valence-corrected chi connectivity index (χ0v) is 12.3. The highest BCUT2D eigenvalue weighted by molar-refractivity contribution is 7.10. The molecule has 0 bridgehead atoms. The molecule has 1 aliphatic heterocycles. The van der Waals surface area contributed by atoms with Crippen LogP contribution in [-0.2, 0) is 4.79 Å². The lowest BCUT2D eigenvalue weighted by Crippen LogP contribution is -2.42. The fourth-order valence-corrected chi connectivity index (χ4v) is 3.21. The lowest BCUT2D eigenvalue weighted by atomic mass is 9.97. The largest absolute Gasteiger partial charge is 0.348 e. The van der Waals surface area contributed by atoms with E-state index in [1.165, 1.54) is 4.88 Å². The SMILES string of the molecule is CC(NC(=O)CN1CCC(CN)CC1)c1cccs1. The molecular formula is C14H23N3OS. The molecule has 1 aromatic heterocycles. The minimum absolute atomic E-state index is 0.106. The molecule has 4 nitrogen and oxygen atoms in total. The normalized spacial score (nSPS) is 19.3. The maximum Gasteiger partial charge on any atom is 0.234 e. The molecule has 0 aromatic carbocycles. The van der Waals surface area contributed by atoms with Crippen molar-refractivity contribution in [2.24, 2.45) is 11.7 Å². The molecule has 0 aliphatic carbocycles. The Morgan fingerprint density at radius 1 is 1.58 bits per heavy atom. The molecular weight excluding hydrogens is 258 g/mol. The number of hydrogen-bond donors (Lipinski definition) is 2. The van der Waals surface area contributed by atoms with Gasteiger partial charge in [0.25, 0.3) is 0 Å². The third kappa shape index (κ3) is 4.30. The van der Waals surface area contributed by atoms with Gasteiger partial charge in [-0.05, 0) is 56.8 Å². The molecule has 5 heteroatoms. The summed E-state index contributed by atoms with van der Waals surface area (Å²) in [7, 11) is 0. The van der Waals surface area contributed by atoms with Crippen LogP contribution in [0.25, 0.3) is 0 Å². The molecule has 0 saturated carbocycles. The van der Waals surface area contributed by atoms with Crippen LogP contribution in [0, 0.1) is 5.92 Å². The van der Waals surface area contributed by atoms with E-state index in [1.54, 1.807) is 11.3 Å². The van der Waals surface area contributed by atoms with E-state index in [9.17, 15) is 4.79 Å². The van der Waals surface area contributed by atoms with Gasteiger partial charge in [-0.15, -0.1) is 11.3 Å². The average molecular weight is 281 g/mol. The third-order valence-corrected chi connectivity index (χ3v) is 4.81. The Hall–Kier alpha value is -0.910. The number of thiophene rings is 1. The molecule has 19 heavy (non-hydrogen) atoms. The van der Waals surface area contributed by atoms with Gasteiger partial charge in [0.05, 0.1) is 12.6 Å². The summed E-state index contributed by atoms with van der Waals surface area (Å²) in [5.41, 5.74) is 5.67. The Balaban J connectivity index is 1.73. The molecule has 0 spiro atoms. The summed E-state index contributed by atoms with van der Waals surface area (Å²) in [4.78, 5) is 15.4. The van der Waals surface area contributed by atoms with Crippen LogP contribution >= 0.6 is 11.3 Å². The van der Waals surface area contributed by atoms with E-state index in [4.69, 9.17) is 5.73 Å². The zero-order chi connectivity index (χ0) is 13.7. The van der Waals surface area contributed by atoms with E-state index in [-0.39, 0.29) is 11.9 Å². The van der Waals surface area contributed by atoms with Gasteiger partial charge in [-0.1, -0.05) is 6.07 Å². The van der Waals surface area contributed by atoms with Gasteiger partial charge in [0.1, 0.15) is 0 Å². The molecule has 1 unspecified atom stereocenters. The standard InChI is InChI=1S/C14H23N3OS/c1-11(13-3-2-8-19-13)16-14(18)10-17-6-4-12(9-15)5-7-17/h2-3,8,11-12H,4-7,9-10,15H2,1H3,(H,16,18). The van der Waals surface area contributed by atoms with Gasteiger partial charge in [0, 0.05) is 4.88 Å². The quantitative estimate of drug-likeness (QED) is 0.862. The van der Waals surface area contributed by atoms with Crippen LogP contribution in [0.3, 0.4) is 0 Å². The van der Waals surface area contributed by atoms with Crippen molar-refractivity contribution in [2.75, 3.05) is 26.2 Å². The number of hydrogen-bond acceptors (Lipinski definition) is 4. The predicted octanol–water partition coefficient (Wildman–Crippen LogP) is 1.60. The maximum absolute atomic E-state index is 12.0. The Kier molecular flexibility index (Phi) is 5.36. The van der Waals surface area contributed by atoms with Crippen molar-refractivity contribution in [1.29, 1.82) is 0 Å². The van der Waals surface area contributed by atoms with Crippen LogP contribution in [0.2, 0.25) is 0 Å². The highest BCUT2D eigenvalue weighted by atomic mass is 32.1. The lowest BCUT2D eigenvalue weighted by Gasteiger charge is -2.31. The van der Waals surface area contributed by atoms with Crippen LogP contribution < -0.4 is 11.1 Å². The first-order chi connectivity index (χ1) is 9.19. The van der Waals surface area contributed by atoms with E-state index in [0.717, 1.165) is 32.5 Å². The monoisotopic (exact) mass is 281 g/mol. The van der Waals surface area contributed by atoms with Crippen molar-refractivity contribution < 1.29 is 4.79 Å². The highest BCUT2D eigenvalue weighted by Crippen LogP contribution is 2.18. The first-order valence-corrected chi connectivity index (χ1v) is 7.82. The van der Waals surface area contributed by atoms with Crippen molar-refractivity contribution >= 4 is 17.2 Å². The van der Waals surface area contributed by atoms with Gasteiger partial charge in [-0.2, -0.15) is 0 Å². The first-order valence-electron chi connectivity index (χ1n) is 6.94. The Bertz CT molecular complexity index is 385. The fraction of sp³-hybridized carbons (Fsp3) is 0.643. The highest BCUT2D eigenvalue weighted by Gasteiger charge is 2.20. The van der Waals surface area contributed by atoms with Crippen molar-refractivity contribution in [3.05, 3.63) is 22.4 Å². The van der Waals surface area contributed by atoms with Gasteiger partial charge < -0.3 is 11.1 Å². The molecule has 2 rings (SSSR count). The van der Waals surface area contributed by atoms with Crippen LogP contribution in [0.5, 0.6) is 0 Å². The molecule has 106 valence electrons. The maximum atomic E-state index is 12.0. The number of carbonyl (C=O) groups excluding carboxylic acids is 1. The van der Waals surface area contributed by atoms with Crippen molar-refractivity contribution in [3.8, 4) is 0 Å². The van der Waals surface area contributed by atoms with Crippen molar-refractivity contribution in [1.82, 2.24) is 10.2 Å². The minimum Gasteiger partial charge on any atom is -0.348 e. The number of amides is 1. The number of nitrogens with zero attached hydrogens (tertiary/aromatic N) is 1. The molecule has 2 heterocycles. The van der Waals surface area contributed by atoms with Crippen LogP contribution in [0.15, 0.2) is 17.5 Å². The molecule has 1 fully saturated rings. The topological polar surface area (TPSA) is 58.4 Å². The molecule has 1 aliphatic rings. The predicted molar refractivity (Wildman–Crippen MR) is 79.1 cm³/mol. The number of piperidine rings is 1. The number of nitrogens with one attached hydrogen (secondary N) is 1. The second-order valence-corrected chi connectivity index (χ2v) is 6.24. The van der Waals surface area contributed by atoms with E-state index in [1.807, 2.05) is 18.4 Å². The number of carbonyl (C=O) groups is 1. The van der Waals surface area contributed by atoms with Gasteiger partial charge in [0.15, 0.2) is 0 Å². The third-order valence-electron chi connectivity index (χ3n) is 3.76. The van der Waals surface area contributed by atoms with Gasteiger partial charge in [-0.25, -0.2) is 0 Å². The van der Waals surface area contributed by atoms with E-state index in [0.29, 0.717) is 12.5 Å². The molecule has 1 amide bonds. The smallest absolute Gasteiger partial charge is 0.234 e. The van der Waals surface area contributed by atoms with Crippen LogP contribution in [0.1, 0.15) is 30.7 Å². The summed E-state index contributed by atoms with van der Waals surface area (Å²) < 4.78 is 0. The molecule has 1 atom stereocenters. The fourth-order valence-electron chi connectivity index (χ4n) is 2.48. The molecule has 1 aromatic rings. The molecule has 1 saturated heterocycles. The van der Waals surface area contributed by atoms with Gasteiger partial charge in [0.2, 0.25) is 5.91 Å². The summed E-state index contributed by atoms with van der Waals surface area (Å²) in [6.45, 7) is 5.29. The van der Waals surface area contributed by atoms with E-state index >= 15 is 0 Å². The summed E-state index contributed by atoms with van der Waals surface area (Å²) >= 11 is 1.68. The second kappa shape index (κ2) is 7.03. The summed E-state index contributed by atoms with van der Waals surface area (Å²) in [6.07, 6.45) is 2.23. The average Bonchev–Trinajstić information content (AvgIpc) is 2.93. The van der Waals surface area contributed by atoms with Gasteiger partial charge in [-0.3, -0.25) is 9.69 Å². The number of rotatable bonds is 5. The van der Waals surface area contributed by atoms with Crippen molar-refractivity contribution in [2.45, 2.75) is 25.8 Å². The Morgan fingerprint density at radius 3 is 2.89 bits per heavy atom. The van der Waals surface area contributed by atoms with Crippen LogP contribution in [-0.4, -0.2) is 37.0 Å². The van der Waals surface area contributed by atoms with Crippen LogP contribution in [0.4, 0.5) is 0 Å². The minimum atomic E-state index is 0.106. The number of likely N-dealkylation sites (tertiary alicyclic amines) is 1. The summed E-state index contributed by atoms with van der Waals surface area (Å²) in [5.74, 6) is 0.761. The van der Waals surface area contributed by atoms with E-state index < -0.39 is 0 Å². The Labute approximate surface area is 119 Å². The van der Waals surface area contributed by atoms with Crippen molar-refractivity contribution in [3.63, 3.8) is 0 Å². The first kappa shape index (κ1) is 14.5. The summed E-state index contributed by atoms with van der Waals surface area (Å²) in [5, 5.41) is 5.10. The zero-order valence-electron chi connectivity index (χ0n) is 11.5. The summed E-state index contributed by atoms with van der Waals surface area (Å²) in [6, 6.07) is 4.18. The van der Waals surface area contributed by atoms with Gasteiger partial charge >= 0.3 is 0 Å². The Morgan fingerprint density at radius 2 is 2.32 bits per heavy atom.